The zero-order valence-electron chi connectivity index (χ0n) is 14.6. The number of benzene rings is 2. The number of thiazole rings is 1. The van der Waals surface area contributed by atoms with E-state index < -0.39 is 9.84 Å². The van der Waals surface area contributed by atoms with E-state index in [4.69, 9.17) is 16.3 Å². The molecule has 0 spiro atoms. The standard InChI is InChI=1S/C18H16ClN3O4S2/c19-12-1-6-15-16(11-12)27-18(21-15)26-14-4-2-13(3-5-14)20-17(23)22-7-9-28(24,25)10-8-22/h1-6,11H,7-10H2,(H,20,23). The van der Waals surface area contributed by atoms with Gasteiger partial charge < -0.3 is 15.0 Å². The van der Waals surface area contributed by atoms with Crippen LogP contribution in [0.1, 0.15) is 0 Å². The minimum Gasteiger partial charge on any atom is -0.431 e. The van der Waals surface area contributed by atoms with Crippen LogP contribution in [0.3, 0.4) is 0 Å². The average Bonchev–Trinajstić information content (AvgIpc) is 3.04. The zero-order valence-corrected chi connectivity index (χ0v) is 17.0. The molecule has 0 atom stereocenters. The van der Waals surface area contributed by atoms with Crippen molar-refractivity contribution >= 4 is 54.7 Å². The number of halogens is 1. The number of hydrogen-bond acceptors (Lipinski definition) is 6. The highest BCUT2D eigenvalue weighted by Crippen LogP contribution is 2.33. The molecule has 0 radical (unpaired) electrons. The largest absolute Gasteiger partial charge is 0.431 e. The number of hydrogen-bond donors (Lipinski definition) is 1. The number of ether oxygens (including phenoxy) is 1. The molecule has 28 heavy (non-hydrogen) atoms. The van der Waals surface area contributed by atoms with Gasteiger partial charge in [-0.2, -0.15) is 0 Å². The average molecular weight is 438 g/mol. The van der Waals surface area contributed by atoms with Gasteiger partial charge in [-0.25, -0.2) is 18.2 Å². The van der Waals surface area contributed by atoms with Crippen LogP contribution in [0.15, 0.2) is 42.5 Å². The Labute approximate surface area is 170 Å². The van der Waals surface area contributed by atoms with Gasteiger partial charge in [0.2, 0.25) is 0 Å². The Kier molecular flexibility index (Phi) is 5.13. The summed E-state index contributed by atoms with van der Waals surface area (Å²) in [7, 11) is -3.02. The molecule has 10 heteroatoms. The molecule has 0 aliphatic carbocycles. The van der Waals surface area contributed by atoms with E-state index in [-0.39, 0.29) is 30.6 Å². The smallest absolute Gasteiger partial charge is 0.321 e. The number of rotatable bonds is 3. The maximum Gasteiger partial charge on any atom is 0.321 e. The first-order valence-electron chi connectivity index (χ1n) is 8.48. The van der Waals surface area contributed by atoms with Crippen LogP contribution in [-0.2, 0) is 9.84 Å². The van der Waals surface area contributed by atoms with Gasteiger partial charge in [-0.3, -0.25) is 0 Å². The fourth-order valence-corrected chi connectivity index (χ4v) is 5.06. The molecule has 0 unspecified atom stereocenters. The van der Waals surface area contributed by atoms with Gasteiger partial charge in [-0.1, -0.05) is 22.9 Å². The molecule has 1 aliphatic heterocycles. The van der Waals surface area contributed by atoms with Gasteiger partial charge in [0.1, 0.15) is 5.75 Å². The van der Waals surface area contributed by atoms with Crippen molar-refractivity contribution in [3.8, 4) is 10.9 Å². The summed E-state index contributed by atoms with van der Waals surface area (Å²) in [6, 6.07) is 12.0. The predicted octanol–water partition coefficient (Wildman–Crippen LogP) is 4.00. The van der Waals surface area contributed by atoms with Crippen LogP contribution in [0.5, 0.6) is 10.9 Å². The Morgan fingerprint density at radius 3 is 2.57 bits per heavy atom. The minimum absolute atomic E-state index is 0.000573. The Bertz CT molecular complexity index is 1120. The number of urea groups is 1. The van der Waals surface area contributed by atoms with Crippen molar-refractivity contribution in [2.75, 3.05) is 29.9 Å². The molecule has 2 aromatic carbocycles. The topological polar surface area (TPSA) is 88.6 Å². The molecule has 1 N–H and O–H groups in total. The van der Waals surface area contributed by atoms with E-state index in [0.717, 1.165) is 10.2 Å². The number of nitrogens with zero attached hydrogens (tertiary/aromatic N) is 2. The van der Waals surface area contributed by atoms with E-state index in [1.165, 1.54) is 16.2 Å². The van der Waals surface area contributed by atoms with Crippen LogP contribution in [0.2, 0.25) is 5.02 Å². The van der Waals surface area contributed by atoms with Crippen molar-refractivity contribution in [1.82, 2.24) is 9.88 Å². The van der Waals surface area contributed by atoms with E-state index in [1.807, 2.05) is 12.1 Å². The van der Waals surface area contributed by atoms with Gasteiger partial charge in [-0.15, -0.1) is 0 Å². The van der Waals surface area contributed by atoms with Gasteiger partial charge in [0.05, 0.1) is 21.7 Å². The molecule has 2 heterocycles. The maximum absolute atomic E-state index is 12.3. The summed E-state index contributed by atoms with van der Waals surface area (Å²) in [6.45, 7) is 0.411. The second kappa shape index (κ2) is 7.57. The molecule has 4 rings (SSSR count). The number of amides is 2. The minimum atomic E-state index is -3.02. The number of nitrogens with one attached hydrogen (secondary N) is 1. The Balaban J connectivity index is 1.38. The third kappa shape index (κ3) is 4.37. The number of sulfone groups is 1. The van der Waals surface area contributed by atoms with Gasteiger partial charge >= 0.3 is 6.03 Å². The highest BCUT2D eigenvalue weighted by atomic mass is 35.5. The molecule has 2 amide bonds. The second-order valence-electron chi connectivity index (χ2n) is 6.29. The summed E-state index contributed by atoms with van der Waals surface area (Å²) < 4.78 is 29.6. The molecule has 1 aromatic heterocycles. The fraction of sp³-hybridized carbons (Fsp3) is 0.222. The van der Waals surface area contributed by atoms with Gasteiger partial charge in [0.25, 0.3) is 5.19 Å². The summed E-state index contributed by atoms with van der Waals surface area (Å²) in [5, 5.41) is 3.92. The normalized spacial score (nSPS) is 16.1. The maximum atomic E-state index is 12.3. The first-order chi connectivity index (χ1) is 13.4. The molecular formula is C18H16ClN3O4S2. The van der Waals surface area contributed by atoms with Crippen molar-refractivity contribution in [3.05, 3.63) is 47.5 Å². The second-order valence-corrected chi connectivity index (χ2v) is 10.0. The number of carbonyl (C=O) groups excluding carboxylic acids is 1. The van der Waals surface area contributed by atoms with E-state index in [2.05, 4.69) is 10.3 Å². The molecule has 3 aromatic rings. The van der Waals surface area contributed by atoms with E-state index in [1.54, 1.807) is 30.3 Å². The summed E-state index contributed by atoms with van der Waals surface area (Å²) in [5.74, 6) is 0.591. The molecule has 1 fully saturated rings. The SMILES string of the molecule is O=C(Nc1ccc(Oc2nc3ccc(Cl)cc3s2)cc1)N1CCS(=O)(=O)CC1. The van der Waals surface area contributed by atoms with Crippen LogP contribution >= 0.6 is 22.9 Å². The number of fused-ring (bicyclic) bond motifs is 1. The lowest BCUT2D eigenvalue weighted by atomic mass is 10.3. The molecule has 1 aliphatic rings. The van der Waals surface area contributed by atoms with Crippen molar-refractivity contribution in [2.24, 2.45) is 0 Å². The van der Waals surface area contributed by atoms with Crippen LogP contribution < -0.4 is 10.1 Å². The van der Waals surface area contributed by atoms with Gasteiger partial charge in [0, 0.05) is 23.8 Å². The first-order valence-corrected chi connectivity index (χ1v) is 11.5. The molecule has 0 saturated carbocycles. The summed E-state index contributed by atoms with van der Waals surface area (Å²) in [6.07, 6.45) is 0. The van der Waals surface area contributed by atoms with Crippen molar-refractivity contribution in [1.29, 1.82) is 0 Å². The van der Waals surface area contributed by atoms with E-state index >= 15 is 0 Å². The van der Waals surface area contributed by atoms with Crippen molar-refractivity contribution in [2.45, 2.75) is 0 Å². The van der Waals surface area contributed by atoms with Gasteiger partial charge in [-0.05, 0) is 42.5 Å². The Morgan fingerprint density at radius 2 is 1.86 bits per heavy atom. The van der Waals surface area contributed by atoms with Crippen LogP contribution in [0.25, 0.3) is 10.2 Å². The summed E-state index contributed by atoms with van der Waals surface area (Å²) in [5.41, 5.74) is 1.42. The van der Waals surface area contributed by atoms with Crippen LogP contribution in [0, 0.1) is 0 Å². The highest BCUT2D eigenvalue weighted by Gasteiger charge is 2.24. The Hall–Kier alpha value is -2.36. The van der Waals surface area contributed by atoms with Crippen LogP contribution in [-0.4, -0.2) is 48.9 Å². The fourth-order valence-electron chi connectivity index (χ4n) is 2.75. The number of aromatic nitrogens is 1. The molecule has 146 valence electrons. The van der Waals surface area contributed by atoms with E-state index in [0.29, 0.717) is 21.7 Å². The van der Waals surface area contributed by atoms with Crippen molar-refractivity contribution < 1.29 is 17.9 Å². The number of carbonyl (C=O) groups is 1. The van der Waals surface area contributed by atoms with Crippen LogP contribution in [0.4, 0.5) is 10.5 Å². The highest BCUT2D eigenvalue weighted by molar-refractivity contribution is 7.91. The quantitative estimate of drug-likeness (QED) is 0.668. The van der Waals surface area contributed by atoms with E-state index in [9.17, 15) is 13.2 Å². The summed E-state index contributed by atoms with van der Waals surface area (Å²) >= 11 is 7.38. The molecule has 0 bridgehead atoms. The lowest BCUT2D eigenvalue weighted by Gasteiger charge is -2.26. The zero-order chi connectivity index (χ0) is 19.7. The third-order valence-electron chi connectivity index (χ3n) is 4.27. The first kappa shape index (κ1) is 19.0. The molecular weight excluding hydrogens is 422 g/mol. The molecule has 1 saturated heterocycles. The van der Waals surface area contributed by atoms with Crippen molar-refractivity contribution in [3.63, 3.8) is 0 Å². The monoisotopic (exact) mass is 437 g/mol. The lowest BCUT2D eigenvalue weighted by Crippen LogP contribution is -2.45. The lowest BCUT2D eigenvalue weighted by molar-refractivity contribution is 0.216. The third-order valence-corrected chi connectivity index (χ3v) is 7.01. The predicted molar refractivity (Wildman–Crippen MR) is 110 cm³/mol. The number of anilines is 1. The summed E-state index contributed by atoms with van der Waals surface area (Å²) in [4.78, 5) is 18.2. The Morgan fingerprint density at radius 1 is 1.14 bits per heavy atom. The molecule has 7 nitrogen and oxygen atoms in total. The van der Waals surface area contributed by atoms with Gasteiger partial charge in [0.15, 0.2) is 9.84 Å².